The monoisotopic (exact) mass is 544 g/mol. The average Bonchev–Trinajstić information content (AvgIpc) is 2.72. The summed E-state index contributed by atoms with van der Waals surface area (Å²) in [6, 6.07) is 12.3. The molecule has 0 unspecified atom stereocenters. The van der Waals surface area contributed by atoms with Crippen molar-refractivity contribution in [1.82, 2.24) is 16.0 Å². The van der Waals surface area contributed by atoms with Crippen molar-refractivity contribution in [3.63, 3.8) is 0 Å². The summed E-state index contributed by atoms with van der Waals surface area (Å²) in [6.07, 6.45) is 2.00. The molecule has 0 heterocycles. The van der Waals surface area contributed by atoms with Gasteiger partial charge in [-0.25, -0.2) is 9.38 Å². The number of guanidine groups is 1. The van der Waals surface area contributed by atoms with E-state index in [0.29, 0.717) is 31.2 Å². The van der Waals surface area contributed by atoms with E-state index in [0.717, 1.165) is 29.0 Å². The molecule has 5 nitrogen and oxygen atoms in total. The maximum Gasteiger partial charge on any atom is 0.251 e. The van der Waals surface area contributed by atoms with Crippen LogP contribution in [0.1, 0.15) is 40.9 Å². The maximum atomic E-state index is 13.5. The van der Waals surface area contributed by atoms with E-state index in [1.807, 2.05) is 50.4 Å². The standard InChI is InChI=1S/C22H29FN4OS.HI/c1-4-24-21(28)17-8-6-16(7-9-17)13-26-22(25-5-2)27-14-18-10-11-20(23)12-19(18)15-29-3;/h6-12H,4-5,13-15H2,1-3H3,(H,24,28)(H2,25,26,27);1H. The Morgan fingerprint density at radius 2 is 1.70 bits per heavy atom. The summed E-state index contributed by atoms with van der Waals surface area (Å²) in [5, 5.41) is 9.33. The molecule has 0 saturated heterocycles. The van der Waals surface area contributed by atoms with E-state index in [4.69, 9.17) is 0 Å². The highest BCUT2D eigenvalue weighted by Gasteiger charge is 2.06. The Morgan fingerprint density at radius 3 is 2.33 bits per heavy atom. The van der Waals surface area contributed by atoms with Gasteiger partial charge >= 0.3 is 0 Å². The SMILES string of the molecule is CCNC(=O)c1ccc(CN=C(NCC)NCc2ccc(F)cc2CSC)cc1.I. The van der Waals surface area contributed by atoms with Crippen LogP contribution in [0.15, 0.2) is 47.5 Å². The molecule has 0 radical (unpaired) electrons. The van der Waals surface area contributed by atoms with Gasteiger partial charge in [-0.3, -0.25) is 4.79 Å². The number of nitrogens with zero attached hydrogens (tertiary/aromatic N) is 1. The molecule has 0 aliphatic heterocycles. The molecule has 30 heavy (non-hydrogen) atoms. The zero-order valence-electron chi connectivity index (χ0n) is 17.6. The van der Waals surface area contributed by atoms with Gasteiger partial charge in [0.2, 0.25) is 0 Å². The second-order valence-corrected chi connectivity index (χ2v) is 7.32. The van der Waals surface area contributed by atoms with Crippen LogP contribution in [0.25, 0.3) is 0 Å². The van der Waals surface area contributed by atoms with E-state index < -0.39 is 0 Å². The number of halogens is 2. The van der Waals surface area contributed by atoms with Crippen molar-refractivity contribution in [1.29, 1.82) is 0 Å². The van der Waals surface area contributed by atoms with Crippen LogP contribution in [-0.4, -0.2) is 31.2 Å². The molecule has 0 aromatic heterocycles. The minimum absolute atomic E-state index is 0. The molecule has 8 heteroatoms. The Morgan fingerprint density at radius 1 is 1.00 bits per heavy atom. The predicted molar refractivity (Wildman–Crippen MR) is 135 cm³/mol. The van der Waals surface area contributed by atoms with E-state index in [-0.39, 0.29) is 35.7 Å². The first-order valence-electron chi connectivity index (χ1n) is 9.72. The predicted octanol–water partition coefficient (Wildman–Crippen LogP) is 4.31. The summed E-state index contributed by atoms with van der Waals surface area (Å²) < 4.78 is 13.5. The Hall–Kier alpha value is -1.81. The maximum absolute atomic E-state index is 13.5. The van der Waals surface area contributed by atoms with Crippen LogP contribution in [0.4, 0.5) is 4.39 Å². The number of hydrogen-bond acceptors (Lipinski definition) is 3. The number of nitrogens with one attached hydrogen (secondary N) is 3. The highest BCUT2D eigenvalue weighted by atomic mass is 127. The van der Waals surface area contributed by atoms with Crippen LogP contribution < -0.4 is 16.0 Å². The van der Waals surface area contributed by atoms with Crippen molar-refractivity contribution in [2.24, 2.45) is 4.99 Å². The van der Waals surface area contributed by atoms with Gasteiger partial charge < -0.3 is 16.0 Å². The van der Waals surface area contributed by atoms with Gasteiger partial charge in [0, 0.05) is 31.0 Å². The molecule has 0 bridgehead atoms. The summed E-state index contributed by atoms with van der Waals surface area (Å²) in [5.41, 5.74) is 3.70. The third-order valence-corrected chi connectivity index (χ3v) is 4.83. The van der Waals surface area contributed by atoms with Crippen molar-refractivity contribution in [2.45, 2.75) is 32.7 Å². The fourth-order valence-electron chi connectivity index (χ4n) is 2.77. The fourth-order valence-corrected chi connectivity index (χ4v) is 3.35. The van der Waals surface area contributed by atoms with Crippen LogP contribution in [0, 0.1) is 5.82 Å². The first-order valence-corrected chi connectivity index (χ1v) is 11.1. The normalized spacial score (nSPS) is 10.9. The van der Waals surface area contributed by atoms with E-state index in [1.54, 1.807) is 17.8 Å². The molecule has 0 saturated carbocycles. The Kier molecular flexibility index (Phi) is 12.4. The smallest absolute Gasteiger partial charge is 0.251 e. The number of thioether (sulfide) groups is 1. The Labute approximate surface area is 199 Å². The summed E-state index contributed by atoms with van der Waals surface area (Å²) >= 11 is 1.67. The lowest BCUT2D eigenvalue weighted by molar-refractivity contribution is 0.0956. The first kappa shape index (κ1) is 26.2. The molecule has 0 aliphatic rings. The second-order valence-electron chi connectivity index (χ2n) is 6.45. The molecule has 0 spiro atoms. The van der Waals surface area contributed by atoms with Crippen LogP contribution in [0.2, 0.25) is 0 Å². The van der Waals surface area contributed by atoms with Gasteiger partial charge in [0.25, 0.3) is 5.91 Å². The van der Waals surface area contributed by atoms with E-state index in [1.165, 1.54) is 6.07 Å². The molecule has 2 aromatic carbocycles. The van der Waals surface area contributed by atoms with Gasteiger partial charge in [0.1, 0.15) is 5.82 Å². The third-order valence-electron chi connectivity index (χ3n) is 4.23. The van der Waals surface area contributed by atoms with Crippen LogP contribution in [0.5, 0.6) is 0 Å². The lowest BCUT2D eigenvalue weighted by atomic mass is 10.1. The van der Waals surface area contributed by atoms with Crippen molar-refractivity contribution in [3.05, 3.63) is 70.5 Å². The number of carbonyl (C=O) groups excluding carboxylic acids is 1. The van der Waals surface area contributed by atoms with E-state index in [2.05, 4.69) is 20.9 Å². The number of hydrogen-bond donors (Lipinski definition) is 3. The van der Waals surface area contributed by atoms with Gasteiger partial charge in [0.15, 0.2) is 5.96 Å². The van der Waals surface area contributed by atoms with Crippen molar-refractivity contribution in [3.8, 4) is 0 Å². The second kappa shape index (κ2) is 14.2. The zero-order chi connectivity index (χ0) is 21.1. The molecule has 164 valence electrons. The number of benzene rings is 2. The van der Waals surface area contributed by atoms with Crippen molar-refractivity contribution >= 4 is 47.6 Å². The number of rotatable bonds is 9. The average molecular weight is 544 g/mol. The molecule has 2 rings (SSSR count). The Bertz CT molecular complexity index is 830. The quantitative estimate of drug-likeness (QED) is 0.250. The zero-order valence-corrected chi connectivity index (χ0v) is 20.8. The van der Waals surface area contributed by atoms with Crippen LogP contribution in [-0.2, 0) is 18.8 Å². The third kappa shape index (κ3) is 8.51. The van der Waals surface area contributed by atoms with Crippen LogP contribution >= 0.6 is 35.7 Å². The lowest BCUT2D eigenvalue weighted by Gasteiger charge is -2.14. The summed E-state index contributed by atoms with van der Waals surface area (Å²) in [5.74, 6) is 1.17. The van der Waals surface area contributed by atoms with E-state index >= 15 is 0 Å². The minimum Gasteiger partial charge on any atom is -0.357 e. The van der Waals surface area contributed by atoms with Gasteiger partial charge in [-0.2, -0.15) is 11.8 Å². The van der Waals surface area contributed by atoms with Crippen molar-refractivity contribution < 1.29 is 9.18 Å². The lowest BCUT2D eigenvalue weighted by Crippen LogP contribution is -2.37. The first-order chi connectivity index (χ1) is 14.1. The molecule has 0 aliphatic carbocycles. The highest BCUT2D eigenvalue weighted by Crippen LogP contribution is 2.16. The highest BCUT2D eigenvalue weighted by molar-refractivity contribution is 14.0. The molecule has 0 atom stereocenters. The van der Waals surface area contributed by atoms with E-state index in [9.17, 15) is 9.18 Å². The molecular weight excluding hydrogens is 514 g/mol. The van der Waals surface area contributed by atoms with Gasteiger partial charge in [-0.15, -0.1) is 24.0 Å². The molecule has 1 amide bonds. The van der Waals surface area contributed by atoms with Gasteiger partial charge in [-0.05, 0) is 61.1 Å². The summed E-state index contributed by atoms with van der Waals surface area (Å²) in [7, 11) is 0. The molecule has 3 N–H and O–H groups in total. The van der Waals surface area contributed by atoms with Crippen molar-refractivity contribution in [2.75, 3.05) is 19.3 Å². The fraction of sp³-hybridized carbons (Fsp3) is 0.364. The van der Waals surface area contributed by atoms with Gasteiger partial charge in [0.05, 0.1) is 6.54 Å². The topological polar surface area (TPSA) is 65.5 Å². The van der Waals surface area contributed by atoms with Gasteiger partial charge in [-0.1, -0.05) is 18.2 Å². The summed E-state index contributed by atoms with van der Waals surface area (Å²) in [6.45, 7) is 6.31. The number of aliphatic imine (C=N–C) groups is 1. The largest absolute Gasteiger partial charge is 0.357 e. The Balaban J connectivity index is 0.00000450. The summed E-state index contributed by atoms with van der Waals surface area (Å²) in [4.78, 5) is 16.5. The molecule has 0 fully saturated rings. The minimum atomic E-state index is -0.213. The molecule has 2 aromatic rings. The number of carbonyl (C=O) groups is 1. The molecular formula is C22H30FIN4OS. The van der Waals surface area contributed by atoms with Crippen LogP contribution in [0.3, 0.4) is 0 Å². The number of amides is 1.